The zero-order valence-corrected chi connectivity index (χ0v) is 11.7. The highest BCUT2D eigenvalue weighted by atomic mass is 19.1. The summed E-state index contributed by atoms with van der Waals surface area (Å²) in [6.45, 7) is 0. The lowest BCUT2D eigenvalue weighted by Crippen LogP contribution is -2.45. The molecule has 0 radical (unpaired) electrons. The van der Waals surface area contributed by atoms with Gasteiger partial charge in [0.25, 0.3) is 0 Å². The predicted molar refractivity (Wildman–Crippen MR) is 73.7 cm³/mol. The number of hydrazine groups is 1. The van der Waals surface area contributed by atoms with Crippen molar-refractivity contribution in [3.05, 3.63) is 35.4 Å². The molecule has 0 amide bonds. The van der Waals surface area contributed by atoms with E-state index in [1.807, 2.05) is 0 Å². The fourth-order valence-corrected chi connectivity index (χ4v) is 3.96. The molecule has 110 valence electrons. The van der Waals surface area contributed by atoms with Crippen LogP contribution in [0.4, 0.5) is 8.78 Å². The summed E-state index contributed by atoms with van der Waals surface area (Å²) < 4.78 is 27.0. The summed E-state index contributed by atoms with van der Waals surface area (Å²) in [4.78, 5) is 2.44. The summed E-state index contributed by atoms with van der Waals surface area (Å²) in [7, 11) is 2.17. The van der Waals surface area contributed by atoms with Gasteiger partial charge >= 0.3 is 0 Å². The lowest BCUT2D eigenvalue weighted by molar-refractivity contribution is 0.111. The molecule has 2 fully saturated rings. The van der Waals surface area contributed by atoms with Crippen LogP contribution in [-0.4, -0.2) is 24.0 Å². The van der Waals surface area contributed by atoms with Gasteiger partial charge in [-0.1, -0.05) is 6.07 Å². The smallest absolute Gasteiger partial charge is 0.130 e. The number of nitrogens with two attached hydrogens (primary N) is 1. The van der Waals surface area contributed by atoms with Crippen LogP contribution < -0.4 is 11.3 Å². The average Bonchev–Trinajstić information content (AvgIpc) is 2.64. The van der Waals surface area contributed by atoms with Gasteiger partial charge in [0.1, 0.15) is 11.6 Å². The molecule has 2 bridgehead atoms. The Labute approximate surface area is 118 Å². The van der Waals surface area contributed by atoms with Gasteiger partial charge in [-0.15, -0.1) is 0 Å². The van der Waals surface area contributed by atoms with E-state index in [-0.39, 0.29) is 6.04 Å². The number of nitrogens with zero attached hydrogens (tertiary/aromatic N) is 1. The van der Waals surface area contributed by atoms with Gasteiger partial charge in [-0.05, 0) is 44.7 Å². The molecule has 2 aliphatic heterocycles. The predicted octanol–water partition coefficient (Wildman–Crippen LogP) is 2.34. The molecule has 3 nitrogen and oxygen atoms in total. The van der Waals surface area contributed by atoms with Crippen LogP contribution in [0.5, 0.6) is 0 Å². The molecule has 3 rings (SSSR count). The standard InChI is InChI=1S/C15H21F2N3/c1-20-11-3-4-12(20)7-9(6-11)15(19-18)13-5-2-10(16)8-14(13)17/h2,5,8-9,11-12,15,19H,3-4,6-7,18H2,1H3. The summed E-state index contributed by atoms with van der Waals surface area (Å²) >= 11 is 0. The van der Waals surface area contributed by atoms with Gasteiger partial charge in [0, 0.05) is 23.7 Å². The minimum absolute atomic E-state index is 0.243. The highest BCUT2D eigenvalue weighted by molar-refractivity contribution is 5.23. The highest BCUT2D eigenvalue weighted by Crippen LogP contribution is 2.42. The summed E-state index contributed by atoms with van der Waals surface area (Å²) in [5.41, 5.74) is 3.23. The van der Waals surface area contributed by atoms with Crippen molar-refractivity contribution in [2.75, 3.05) is 7.05 Å². The first-order chi connectivity index (χ1) is 9.60. The van der Waals surface area contributed by atoms with Gasteiger partial charge in [0.15, 0.2) is 0 Å². The number of halogens is 2. The third-order valence-electron chi connectivity index (χ3n) is 5.08. The van der Waals surface area contributed by atoms with E-state index in [9.17, 15) is 8.78 Å². The van der Waals surface area contributed by atoms with Crippen LogP contribution in [0.25, 0.3) is 0 Å². The van der Waals surface area contributed by atoms with Crippen LogP contribution in [-0.2, 0) is 0 Å². The minimum atomic E-state index is -0.550. The fourth-order valence-electron chi connectivity index (χ4n) is 3.96. The Morgan fingerprint density at radius 3 is 2.45 bits per heavy atom. The maximum Gasteiger partial charge on any atom is 0.130 e. The van der Waals surface area contributed by atoms with E-state index in [1.165, 1.54) is 25.0 Å². The minimum Gasteiger partial charge on any atom is -0.300 e. The third kappa shape index (κ3) is 2.34. The molecular weight excluding hydrogens is 260 g/mol. The Kier molecular flexibility index (Phi) is 3.75. The molecule has 0 aliphatic carbocycles. The van der Waals surface area contributed by atoms with Gasteiger partial charge in [0.05, 0.1) is 6.04 Å². The molecule has 3 atom stereocenters. The SMILES string of the molecule is CN1C2CCC1CC(C(NN)c1ccc(F)cc1F)C2. The van der Waals surface area contributed by atoms with E-state index < -0.39 is 11.6 Å². The Hall–Kier alpha value is -1.04. The first-order valence-corrected chi connectivity index (χ1v) is 7.23. The van der Waals surface area contributed by atoms with Crippen LogP contribution in [0.15, 0.2) is 18.2 Å². The zero-order chi connectivity index (χ0) is 14.3. The first-order valence-electron chi connectivity index (χ1n) is 7.23. The molecule has 0 spiro atoms. The van der Waals surface area contributed by atoms with Crippen LogP contribution >= 0.6 is 0 Å². The number of benzene rings is 1. The Balaban J connectivity index is 1.83. The summed E-state index contributed by atoms with van der Waals surface area (Å²) in [6.07, 6.45) is 4.44. The van der Waals surface area contributed by atoms with Gasteiger partial charge in [0.2, 0.25) is 0 Å². The Bertz CT molecular complexity index is 480. The largest absolute Gasteiger partial charge is 0.300 e. The summed E-state index contributed by atoms with van der Waals surface area (Å²) in [6, 6.07) is 4.63. The second-order valence-corrected chi connectivity index (χ2v) is 6.09. The molecule has 1 aromatic rings. The quantitative estimate of drug-likeness (QED) is 0.660. The molecule has 3 N–H and O–H groups in total. The summed E-state index contributed by atoms with van der Waals surface area (Å²) in [5.74, 6) is 4.90. The highest BCUT2D eigenvalue weighted by Gasteiger charge is 2.41. The van der Waals surface area contributed by atoms with Gasteiger partial charge in [-0.2, -0.15) is 0 Å². The molecule has 2 aliphatic rings. The normalized spacial score (nSPS) is 31.5. The van der Waals surface area contributed by atoms with Crippen LogP contribution in [0.2, 0.25) is 0 Å². The topological polar surface area (TPSA) is 41.3 Å². The first kappa shape index (κ1) is 13.9. The maximum atomic E-state index is 14.0. The van der Waals surface area contributed by atoms with Crippen LogP contribution in [0, 0.1) is 17.6 Å². The Morgan fingerprint density at radius 2 is 1.90 bits per heavy atom. The Morgan fingerprint density at radius 1 is 1.25 bits per heavy atom. The lowest BCUT2D eigenvalue weighted by atomic mass is 9.82. The molecule has 0 aromatic heterocycles. The van der Waals surface area contributed by atoms with E-state index in [0.29, 0.717) is 23.6 Å². The van der Waals surface area contributed by atoms with Crippen LogP contribution in [0.1, 0.15) is 37.3 Å². The third-order valence-corrected chi connectivity index (χ3v) is 5.08. The van der Waals surface area contributed by atoms with Crippen molar-refractivity contribution in [2.24, 2.45) is 11.8 Å². The van der Waals surface area contributed by atoms with E-state index in [2.05, 4.69) is 17.4 Å². The van der Waals surface area contributed by atoms with Crippen molar-refractivity contribution >= 4 is 0 Å². The fraction of sp³-hybridized carbons (Fsp3) is 0.600. The molecular formula is C15H21F2N3. The van der Waals surface area contributed by atoms with Crippen molar-refractivity contribution in [1.82, 2.24) is 10.3 Å². The number of hydrogen-bond donors (Lipinski definition) is 2. The second kappa shape index (κ2) is 5.39. The average molecular weight is 281 g/mol. The molecule has 20 heavy (non-hydrogen) atoms. The van der Waals surface area contributed by atoms with E-state index in [0.717, 1.165) is 18.9 Å². The van der Waals surface area contributed by atoms with Gasteiger partial charge in [-0.3, -0.25) is 11.3 Å². The van der Waals surface area contributed by atoms with Crippen molar-refractivity contribution in [3.63, 3.8) is 0 Å². The summed E-state index contributed by atoms with van der Waals surface area (Å²) in [5, 5.41) is 0. The molecule has 1 aromatic carbocycles. The number of fused-ring (bicyclic) bond motifs is 2. The molecule has 2 saturated heterocycles. The van der Waals surface area contributed by atoms with Gasteiger partial charge in [-0.25, -0.2) is 8.78 Å². The lowest BCUT2D eigenvalue weighted by Gasteiger charge is -2.39. The van der Waals surface area contributed by atoms with E-state index >= 15 is 0 Å². The number of hydrogen-bond acceptors (Lipinski definition) is 3. The number of nitrogens with one attached hydrogen (secondary N) is 1. The van der Waals surface area contributed by atoms with Crippen molar-refractivity contribution < 1.29 is 8.78 Å². The molecule has 2 heterocycles. The number of rotatable bonds is 3. The molecule has 5 heteroatoms. The monoisotopic (exact) mass is 281 g/mol. The van der Waals surface area contributed by atoms with Crippen molar-refractivity contribution in [3.8, 4) is 0 Å². The van der Waals surface area contributed by atoms with Crippen molar-refractivity contribution in [2.45, 2.75) is 43.8 Å². The molecule has 0 saturated carbocycles. The number of piperidine rings is 1. The second-order valence-electron chi connectivity index (χ2n) is 6.09. The van der Waals surface area contributed by atoms with Crippen LogP contribution in [0.3, 0.4) is 0 Å². The molecule has 3 unspecified atom stereocenters. The van der Waals surface area contributed by atoms with E-state index in [1.54, 1.807) is 0 Å². The zero-order valence-electron chi connectivity index (χ0n) is 11.7. The van der Waals surface area contributed by atoms with Crippen molar-refractivity contribution in [1.29, 1.82) is 0 Å². The van der Waals surface area contributed by atoms with E-state index in [4.69, 9.17) is 5.84 Å². The van der Waals surface area contributed by atoms with Gasteiger partial charge < -0.3 is 4.90 Å². The maximum absolute atomic E-state index is 14.0.